The molecule has 1 atom stereocenters. The van der Waals surface area contributed by atoms with E-state index in [0.29, 0.717) is 0 Å². The van der Waals surface area contributed by atoms with Crippen LogP contribution in [0, 0.1) is 0 Å². The van der Waals surface area contributed by atoms with Crippen molar-refractivity contribution in [1.82, 2.24) is 0 Å². The molecule has 0 bridgehead atoms. The molecular formula is C15H12F4. The second kappa shape index (κ2) is 5.43. The van der Waals surface area contributed by atoms with Gasteiger partial charge in [-0.05, 0) is 16.7 Å². The predicted octanol–water partition coefficient (Wildman–Crippen LogP) is 5.32. The summed E-state index contributed by atoms with van der Waals surface area (Å²) < 4.78 is 49.7. The van der Waals surface area contributed by atoms with Crippen molar-refractivity contribution in [3.05, 3.63) is 60.2 Å². The molecule has 0 nitrogen and oxygen atoms in total. The Hall–Kier alpha value is -1.84. The van der Waals surface area contributed by atoms with Crippen LogP contribution in [0.4, 0.5) is 17.6 Å². The number of benzene rings is 2. The lowest BCUT2D eigenvalue weighted by Gasteiger charge is -2.12. The molecule has 0 amide bonds. The van der Waals surface area contributed by atoms with E-state index < -0.39 is 18.8 Å². The van der Waals surface area contributed by atoms with Gasteiger partial charge in [-0.15, -0.1) is 0 Å². The Kier molecular flexibility index (Phi) is 3.88. The van der Waals surface area contributed by atoms with Crippen LogP contribution in [-0.2, 0) is 0 Å². The minimum atomic E-state index is -4.49. The zero-order chi connectivity index (χ0) is 13.9. The van der Waals surface area contributed by atoms with Crippen molar-refractivity contribution >= 4 is 0 Å². The van der Waals surface area contributed by atoms with Crippen LogP contribution in [0.25, 0.3) is 11.1 Å². The van der Waals surface area contributed by atoms with E-state index in [9.17, 15) is 17.6 Å². The normalized spacial score (nSPS) is 13.3. The maximum absolute atomic E-state index is 13.4. The van der Waals surface area contributed by atoms with E-state index in [-0.39, 0.29) is 5.56 Å². The highest BCUT2D eigenvalue weighted by Gasteiger charge is 2.32. The van der Waals surface area contributed by atoms with Crippen molar-refractivity contribution in [2.45, 2.75) is 18.8 Å². The van der Waals surface area contributed by atoms with E-state index in [0.717, 1.165) is 11.1 Å². The van der Waals surface area contributed by atoms with Gasteiger partial charge in [0, 0.05) is 0 Å². The lowest BCUT2D eigenvalue weighted by atomic mass is 10.0. The smallest absolute Gasteiger partial charge is 0.242 e. The molecule has 0 saturated heterocycles. The molecule has 0 aliphatic heterocycles. The van der Waals surface area contributed by atoms with E-state index in [1.165, 1.54) is 12.1 Å². The van der Waals surface area contributed by atoms with Gasteiger partial charge in [0.15, 0.2) is 0 Å². The summed E-state index contributed by atoms with van der Waals surface area (Å²) in [6.45, 7) is 0. The fourth-order valence-electron chi connectivity index (χ4n) is 1.84. The number of hydrogen-bond acceptors (Lipinski definition) is 0. The third kappa shape index (κ3) is 3.81. The molecule has 0 N–H and O–H groups in total. The average molecular weight is 268 g/mol. The number of rotatable bonds is 3. The zero-order valence-electron chi connectivity index (χ0n) is 9.99. The molecule has 0 heterocycles. The summed E-state index contributed by atoms with van der Waals surface area (Å²) in [5.41, 5.74) is 1.85. The molecular weight excluding hydrogens is 256 g/mol. The standard InChI is InChI=1S/C15H12F4/c16-14(10-15(17,18)19)13-8-6-12(7-9-13)11-4-2-1-3-5-11/h1-9,14H,10H2. The first-order valence-electron chi connectivity index (χ1n) is 5.82. The molecule has 0 fully saturated rings. The van der Waals surface area contributed by atoms with Crippen LogP contribution in [0.2, 0.25) is 0 Å². The van der Waals surface area contributed by atoms with E-state index >= 15 is 0 Å². The van der Waals surface area contributed by atoms with Crippen molar-refractivity contribution in [1.29, 1.82) is 0 Å². The summed E-state index contributed by atoms with van der Waals surface area (Å²) in [5, 5.41) is 0. The Morgan fingerprint density at radius 2 is 1.32 bits per heavy atom. The summed E-state index contributed by atoms with van der Waals surface area (Å²) in [7, 11) is 0. The predicted molar refractivity (Wildman–Crippen MR) is 66.4 cm³/mol. The van der Waals surface area contributed by atoms with E-state index in [2.05, 4.69) is 0 Å². The van der Waals surface area contributed by atoms with Crippen LogP contribution in [-0.4, -0.2) is 6.18 Å². The molecule has 0 aromatic heterocycles. The Morgan fingerprint density at radius 1 is 0.789 bits per heavy atom. The Bertz CT molecular complexity index is 514. The van der Waals surface area contributed by atoms with Crippen molar-refractivity contribution in [3.8, 4) is 11.1 Å². The lowest BCUT2D eigenvalue weighted by molar-refractivity contribution is -0.146. The quantitative estimate of drug-likeness (QED) is 0.661. The Labute approximate surface area is 108 Å². The van der Waals surface area contributed by atoms with Gasteiger partial charge in [0.25, 0.3) is 0 Å². The van der Waals surface area contributed by atoms with Crippen LogP contribution in [0.3, 0.4) is 0 Å². The average Bonchev–Trinajstić information content (AvgIpc) is 2.38. The first-order chi connectivity index (χ1) is 8.96. The topological polar surface area (TPSA) is 0 Å². The Morgan fingerprint density at radius 3 is 1.84 bits per heavy atom. The number of halogens is 4. The van der Waals surface area contributed by atoms with Gasteiger partial charge < -0.3 is 0 Å². The highest BCUT2D eigenvalue weighted by molar-refractivity contribution is 5.63. The summed E-state index contributed by atoms with van der Waals surface area (Å²) in [6, 6.07) is 15.4. The van der Waals surface area contributed by atoms with Crippen LogP contribution >= 0.6 is 0 Å². The fourth-order valence-corrected chi connectivity index (χ4v) is 1.84. The first-order valence-corrected chi connectivity index (χ1v) is 5.82. The van der Waals surface area contributed by atoms with Crippen LogP contribution < -0.4 is 0 Å². The largest absolute Gasteiger partial charge is 0.392 e. The van der Waals surface area contributed by atoms with E-state index in [4.69, 9.17) is 0 Å². The lowest BCUT2D eigenvalue weighted by Crippen LogP contribution is -2.11. The van der Waals surface area contributed by atoms with E-state index in [1.807, 2.05) is 30.3 Å². The van der Waals surface area contributed by atoms with Gasteiger partial charge in [-0.1, -0.05) is 54.6 Å². The molecule has 100 valence electrons. The molecule has 0 aliphatic carbocycles. The molecule has 0 aliphatic rings. The zero-order valence-corrected chi connectivity index (χ0v) is 9.99. The monoisotopic (exact) mass is 268 g/mol. The van der Waals surface area contributed by atoms with Gasteiger partial charge >= 0.3 is 6.18 Å². The van der Waals surface area contributed by atoms with Crippen molar-refractivity contribution < 1.29 is 17.6 Å². The molecule has 2 aromatic rings. The molecule has 0 saturated carbocycles. The van der Waals surface area contributed by atoms with E-state index in [1.54, 1.807) is 12.1 Å². The molecule has 19 heavy (non-hydrogen) atoms. The molecule has 0 radical (unpaired) electrons. The van der Waals surface area contributed by atoms with Crippen molar-refractivity contribution in [3.63, 3.8) is 0 Å². The highest BCUT2D eigenvalue weighted by Crippen LogP contribution is 2.32. The minimum Gasteiger partial charge on any atom is -0.242 e. The second-order valence-corrected chi connectivity index (χ2v) is 4.27. The van der Waals surface area contributed by atoms with Crippen molar-refractivity contribution in [2.24, 2.45) is 0 Å². The molecule has 0 spiro atoms. The van der Waals surface area contributed by atoms with Crippen LogP contribution in [0.15, 0.2) is 54.6 Å². The molecule has 2 aromatic carbocycles. The number of hydrogen-bond donors (Lipinski definition) is 0. The van der Waals surface area contributed by atoms with Crippen molar-refractivity contribution in [2.75, 3.05) is 0 Å². The highest BCUT2D eigenvalue weighted by atomic mass is 19.4. The molecule has 2 rings (SSSR count). The van der Waals surface area contributed by atoms with Crippen LogP contribution in [0.1, 0.15) is 18.2 Å². The summed E-state index contributed by atoms with van der Waals surface area (Å²) in [5.74, 6) is 0. The van der Waals surface area contributed by atoms with Crippen LogP contribution in [0.5, 0.6) is 0 Å². The minimum absolute atomic E-state index is 0.0528. The summed E-state index contributed by atoms with van der Waals surface area (Å²) in [4.78, 5) is 0. The van der Waals surface area contributed by atoms with Gasteiger partial charge in [-0.2, -0.15) is 13.2 Å². The third-order valence-electron chi connectivity index (χ3n) is 2.79. The first kappa shape index (κ1) is 13.6. The molecule has 1 unspecified atom stereocenters. The van der Waals surface area contributed by atoms with Gasteiger partial charge in [0.2, 0.25) is 0 Å². The Balaban J connectivity index is 2.15. The maximum atomic E-state index is 13.4. The number of alkyl halides is 4. The second-order valence-electron chi connectivity index (χ2n) is 4.27. The van der Waals surface area contributed by atoms with Gasteiger partial charge in [-0.25, -0.2) is 4.39 Å². The fraction of sp³-hybridized carbons (Fsp3) is 0.200. The molecule has 4 heteroatoms. The van der Waals surface area contributed by atoms with Gasteiger partial charge in [0.1, 0.15) is 6.17 Å². The SMILES string of the molecule is FC(CC(F)(F)F)c1ccc(-c2ccccc2)cc1. The van der Waals surface area contributed by atoms with Gasteiger partial charge in [-0.3, -0.25) is 0 Å². The maximum Gasteiger partial charge on any atom is 0.392 e. The summed E-state index contributed by atoms with van der Waals surface area (Å²) >= 11 is 0. The van der Waals surface area contributed by atoms with Gasteiger partial charge in [0.05, 0.1) is 6.42 Å². The third-order valence-corrected chi connectivity index (χ3v) is 2.79. The summed E-state index contributed by atoms with van der Waals surface area (Å²) in [6.07, 6.45) is -7.94.